The standard InChI is InChI=1S/C12H22N2O2S/c1-12(6-7-12)17(15,16)13-10-4-8-14(9-5-10)11-2-3-11/h10-11,13H,2-9H2,1H3. The second-order valence-corrected chi connectivity index (χ2v) is 8.34. The monoisotopic (exact) mass is 258 g/mol. The molecular formula is C12H22N2O2S. The van der Waals surface area contributed by atoms with Crippen LogP contribution in [0.15, 0.2) is 0 Å². The number of piperidine rings is 1. The third kappa shape index (κ3) is 2.37. The van der Waals surface area contributed by atoms with Crippen molar-refractivity contribution in [3.8, 4) is 0 Å². The minimum Gasteiger partial charge on any atom is -0.300 e. The topological polar surface area (TPSA) is 49.4 Å². The van der Waals surface area contributed by atoms with Crippen molar-refractivity contribution in [2.75, 3.05) is 13.1 Å². The van der Waals surface area contributed by atoms with E-state index >= 15 is 0 Å². The molecule has 0 aromatic carbocycles. The van der Waals surface area contributed by atoms with Crippen molar-refractivity contribution in [3.05, 3.63) is 0 Å². The summed E-state index contributed by atoms with van der Waals surface area (Å²) in [6.07, 6.45) is 6.28. The van der Waals surface area contributed by atoms with Crippen LogP contribution in [0.3, 0.4) is 0 Å². The summed E-state index contributed by atoms with van der Waals surface area (Å²) in [5, 5.41) is 0. The molecule has 0 radical (unpaired) electrons. The van der Waals surface area contributed by atoms with Crippen LogP contribution in [0.4, 0.5) is 0 Å². The van der Waals surface area contributed by atoms with E-state index in [2.05, 4.69) is 9.62 Å². The maximum absolute atomic E-state index is 12.1. The molecule has 2 saturated carbocycles. The minimum atomic E-state index is -3.08. The summed E-state index contributed by atoms with van der Waals surface area (Å²) in [6, 6.07) is 0.987. The van der Waals surface area contributed by atoms with Gasteiger partial charge in [-0.15, -0.1) is 0 Å². The molecule has 0 amide bonds. The maximum atomic E-state index is 12.1. The first-order valence-electron chi connectivity index (χ1n) is 6.76. The third-order valence-corrected chi connectivity index (χ3v) is 6.87. The highest BCUT2D eigenvalue weighted by Crippen LogP contribution is 2.42. The van der Waals surface area contributed by atoms with Crippen LogP contribution in [0.5, 0.6) is 0 Å². The summed E-state index contributed by atoms with van der Waals surface area (Å²) in [5.74, 6) is 0. The Morgan fingerprint density at radius 2 is 1.71 bits per heavy atom. The molecule has 0 spiro atoms. The van der Waals surface area contributed by atoms with Gasteiger partial charge in [0.1, 0.15) is 0 Å². The summed E-state index contributed by atoms with van der Waals surface area (Å²) in [6.45, 7) is 3.98. The smallest absolute Gasteiger partial charge is 0.217 e. The second-order valence-electron chi connectivity index (χ2n) is 6.11. The fourth-order valence-corrected chi connectivity index (χ4v) is 4.23. The Balaban J connectivity index is 1.53. The molecule has 98 valence electrons. The predicted octanol–water partition coefficient (Wildman–Crippen LogP) is 1.09. The minimum absolute atomic E-state index is 0.174. The highest BCUT2D eigenvalue weighted by Gasteiger charge is 2.50. The highest BCUT2D eigenvalue weighted by atomic mass is 32.2. The average Bonchev–Trinajstić information content (AvgIpc) is 3.12. The third-order valence-electron chi connectivity index (χ3n) is 4.52. The first-order chi connectivity index (χ1) is 8.00. The average molecular weight is 258 g/mol. The van der Waals surface area contributed by atoms with Crippen molar-refractivity contribution in [1.82, 2.24) is 9.62 Å². The lowest BCUT2D eigenvalue weighted by atomic mass is 10.1. The Labute approximate surface area is 104 Å². The van der Waals surface area contributed by atoms with Gasteiger partial charge >= 0.3 is 0 Å². The Kier molecular flexibility index (Phi) is 2.76. The van der Waals surface area contributed by atoms with Crippen LogP contribution in [0.1, 0.15) is 45.4 Å². The van der Waals surface area contributed by atoms with E-state index in [1.807, 2.05) is 6.92 Å². The Hall–Kier alpha value is -0.130. The van der Waals surface area contributed by atoms with Gasteiger partial charge in [0.05, 0.1) is 4.75 Å². The first-order valence-corrected chi connectivity index (χ1v) is 8.24. The predicted molar refractivity (Wildman–Crippen MR) is 67.3 cm³/mol. The van der Waals surface area contributed by atoms with Crippen molar-refractivity contribution < 1.29 is 8.42 Å². The Bertz CT molecular complexity index is 391. The molecule has 0 aromatic rings. The molecule has 2 aliphatic carbocycles. The van der Waals surface area contributed by atoms with Crippen LogP contribution < -0.4 is 4.72 Å². The zero-order chi connectivity index (χ0) is 12.1. The number of nitrogens with one attached hydrogen (secondary N) is 1. The number of sulfonamides is 1. The Morgan fingerprint density at radius 1 is 1.12 bits per heavy atom. The zero-order valence-electron chi connectivity index (χ0n) is 10.5. The Morgan fingerprint density at radius 3 is 2.18 bits per heavy atom. The zero-order valence-corrected chi connectivity index (χ0v) is 11.3. The number of hydrogen-bond acceptors (Lipinski definition) is 3. The number of nitrogens with zero attached hydrogens (tertiary/aromatic N) is 1. The van der Waals surface area contributed by atoms with Gasteiger partial charge in [-0.1, -0.05) is 0 Å². The lowest BCUT2D eigenvalue weighted by Crippen LogP contribution is -2.47. The molecule has 0 aromatic heterocycles. The molecule has 4 nitrogen and oxygen atoms in total. The first kappa shape index (κ1) is 11.9. The number of hydrogen-bond donors (Lipinski definition) is 1. The molecule has 0 bridgehead atoms. The van der Waals surface area contributed by atoms with Gasteiger partial charge in [-0.05, 0) is 58.5 Å². The van der Waals surface area contributed by atoms with Crippen molar-refractivity contribution in [1.29, 1.82) is 0 Å². The molecule has 1 aliphatic heterocycles. The molecule has 0 atom stereocenters. The van der Waals surface area contributed by atoms with E-state index in [0.29, 0.717) is 0 Å². The van der Waals surface area contributed by atoms with Gasteiger partial charge in [-0.3, -0.25) is 0 Å². The van der Waals surface area contributed by atoms with Crippen molar-refractivity contribution >= 4 is 10.0 Å². The van der Waals surface area contributed by atoms with Gasteiger partial charge in [0, 0.05) is 12.1 Å². The lowest BCUT2D eigenvalue weighted by molar-refractivity contribution is 0.198. The summed E-state index contributed by atoms with van der Waals surface area (Å²) in [5.41, 5.74) is 0. The largest absolute Gasteiger partial charge is 0.300 e. The summed E-state index contributed by atoms with van der Waals surface area (Å²) >= 11 is 0. The van der Waals surface area contributed by atoms with Crippen LogP contribution in [0, 0.1) is 0 Å². The highest BCUT2D eigenvalue weighted by molar-refractivity contribution is 7.91. The van der Waals surface area contributed by atoms with Gasteiger partial charge < -0.3 is 4.90 Å². The number of likely N-dealkylation sites (tertiary alicyclic amines) is 1. The van der Waals surface area contributed by atoms with Crippen molar-refractivity contribution in [2.45, 2.75) is 62.3 Å². The lowest BCUT2D eigenvalue weighted by Gasteiger charge is -2.32. The summed E-state index contributed by atoms with van der Waals surface area (Å²) in [4.78, 5) is 2.52. The number of rotatable bonds is 4. The van der Waals surface area contributed by atoms with E-state index < -0.39 is 14.8 Å². The normalized spacial score (nSPS) is 30.4. The van der Waals surface area contributed by atoms with Crippen molar-refractivity contribution in [2.24, 2.45) is 0 Å². The second kappa shape index (κ2) is 3.93. The van der Waals surface area contributed by atoms with Gasteiger partial charge in [0.15, 0.2) is 0 Å². The van der Waals surface area contributed by atoms with Gasteiger partial charge in [0.2, 0.25) is 10.0 Å². The van der Waals surface area contributed by atoms with E-state index in [1.54, 1.807) is 0 Å². The summed E-state index contributed by atoms with van der Waals surface area (Å²) < 4.78 is 26.6. The fourth-order valence-electron chi connectivity index (χ4n) is 2.63. The molecule has 3 aliphatic rings. The molecule has 1 saturated heterocycles. The molecule has 5 heteroatoms. The van der Waals surface area contributed by atoms with Gasteiger partial charge in [0.25, 0.3) is 0 Å². The van der Waals surface area contributed by atoms with Gasteiger partial charge in [-0.2, -0.15) is 0 Å². The van der Waals surface area contributed by atoms with Gasteiger partial charge in [-0.25, -0.2) is 13.1 Å². The molecule has 0 unspecified atom stereocenters. The molecule has 3 rings (SSSR count). The maximum Gasteiger partial charge on any atom is 0.217 e. The molecule has 3 fully saturated rings. The molecular weight excluding hydrogens is 236 g/mol. The summed E-state index contributed by atoms with van der Waals surface area (Å²) in [7, 11) is -3.08. The quantitative estimate of drug-likeness (QED) is 0.821. The van der Waals surface area contributed by atoms with E-state index in [0.717, 1.165) is 44.8 Å². The van der Waals surface area contributed by atoms with Crippen LogP contribution in [0.25, 0.3) is 0 Å². The molecule has 1 N–H and O–H groups in total. The van der Waals surface area contributed by atoms with Crippen LogP contribution in [-0.4, -0.2) is 43.2 Å². The fraction of sp³-hybridized carbons (Fsp3) is 1.00. The molecule has 1 heterocycles. The SMILES string of the molecule is CC1(S(=O)(=O)NC2CCN(C3CC3)CC2)CC1. The van der Waals surface area contributed by atoms with Crippen molar-refractivity contribution in [3.63, 3.8) is 0 Å². The van der Waals surface area contributed by atoms with E-state index in [4.69, 9.17) is 0 Å². The van der Waals surface area contributed by atoms with Crippen LogP contribution >= 0.6 is 0 Å². The van der Waals surface area contributed by atoms with Crippen LogP contribution in [-0.2, 0) is 10.0 Å². The van der Waals surface area contributed by atoms with E-state index in [-0.39, 0.29) is 6.04 Å². The van der Waals surface area contributed by atoms with E-state index in [1.165, 1.54) is 12.8 Å². The van der Waals surface area contributed by atoms with Crippen LogP contribution in [0.2, 0.25) is 0 Å². The molecule has 17 heavy (non-hydrogen) atoms. The van der Waals surface area contributed by atoms with E-state index in [9.17, 15) is 8.42 Å².